The third-order valence-electron chi connectivity index (χ3n) is 2.75. The summed E-state index contributed by atoms with van der Waals surface area (Å²) in [5.74, 6) is -0.200. The highest BCUT2D eigenvalue weighted by Gasteiger charge is 2.24. The molecule has 1 aliphatic carbocycles. The van der Waals surface area contributed by atoms with Crippen LogP contribution < -0.4 is 5.73 Å². The van der Waals surface area contributed by atoms with Gasteiger partial charge in [0.05, 0.1) is 11.3 Å². The highest BCUT2D eigenvalue weighted by Crippen LogP contribution is 2.27. The molecule has 2 atom stereocenters. The van der Waals surface area contributed by atoms with E-state index in [1.54, 1.807) is 4.68 Å². The average Bonchev–Trinajstić information content (AvgIpc) is 2.66. The molecule has 2 rings (SSSR count). The van der Waals surface area contributed by atoms with Crippen molar-refractivity contribution in [3.63, 3.8) is 0 Å². The lowest BCUT2D eigenvalue weighted by Crippen LogP contribution is -2.29. The van der Waals surface area contributed by atoms with Gasteiger partial charge in [0.25, 0.3) is 0 Å². The number of aromatic nitrogens is 3. The van der Waals surface area contributed by atoms with Crippen LogP contribution in [0.25, 0.3) is 0 Å². The van der Waals surface area contributed by atoms with E-state index in [-0.39, 0.29) is 17.9 Å². The number of hydrogen-bond donors (Lipinski definition) is 1. The molecule has 0 aromatic carbocycles. The van der Waals surface area contributed by atoms with Crippen LogP contribution in [0.4, 0.5) is 5.82 Å². The summed E-state index contributed by atoms with van der Waals surface area (Å²) in [6.45, 7) is 0. The van der Waals surface area contributed by atoms with Gasteiger partial charge in [0, 0.05) is 6.04 Å². The summed E-state index contributed by atoms with van der Waals surface area (Å²) in [4.78, 5) is 9.89. The van der Waals surface area contributed by atoms with E-state index >= 15 is 0 Å². The van der Waals surface area contributed by atoms with Crippen LogP contribution in [0.3, 0.4) is 0 Å². The molecule has 2 unspecified atom stereocenters. The summed E-state index contributed by atoms with van der Waals surface area (Å²) in [6.07, 6.45) is 5.23. The summed E-state index contributed by atoms with van der Waals surface area (Å²) in [5, 5.41) is 17.7. The van der Waals surface area contributed by atoms with Crippen molar-refractivity contribution in [2.45, 2.75) is 37.8 Å². The molecule has 15 heavy (non-hydrogen) atoms. The van der Waals surface area contributed by atoms with Crippen molar-refractivity contribution in [3.8, 4) is 0 Å². The van der Waals surface area contributed by atoms with Crippen molar-refractivity contribution >= 4 is 5.82 Å². The summed E-state index contributed by atoms with van der Waals surface area (Å²) in [6, 6.07) is 0.335. The van der Waals surface area contributed by atoms with Crippen LogP contribution in [-0.4, -0.2) is 26.0 Å². The number of nitrogens with two attached hydrogens (primary N) is 1. The predicted octanol–water partition coefficient (Wildman–Crippen LogP) is 0.629. The van der Waals surface area contributed by atoms with E-state index in [1.807, 2.05) is 0 Å². The zero-order chi connectivity index (χ0) is 10.8. The standard InChI is InChI=1S/C8H13N5O2/c9-6-2-1-3-7(4-6)12-5-8(10-11-12)13(14)15/h5-7H,1-4,9H2. The monoisotopic (exact) mass is 211 g/mol. The Morgan fingerprint density at radius 2 is 2.40 bits per heavy atom. The van der Waals surface area contributed by atoms with Gasteiger partial charge in [0.15, 0.2) is 0 Å². The Morgan fingerprint density at radius 1 is 1.60 bits per heavy atom. The third kappa shape index (κ3) is 2.12. The van der Waals surface area contributed by atoms with Gasteiger partial charge in [0.1, 0.15) is 11.3 Å². The van der Waals surface area contributed by atoms with E-state index in [1.165, 1.54) is 6.20 Å². The highest BCUT2D eigenvalue weighted by atomic mass is 16.6. The van der Waals surface area contributed by atoms with Crippen LogP contribution in [0, 0.1) is 10.1 Å². The van der Waals surface area contributed by atoms with Gasteiger partial charge in [-0.15, -0.1) is 0 Å². The SMILES string of the molecule is NC1CCCC(n2cc([N+](=O)[O-])nn2)C1. The van der Waals surface area contributed by atoms with Crippen LogP contribution in [0.2, 0.25) is 0 Å². The smallest absolute Gasteiger partial charge is 0.358 e. The van der Waals surface area contributed by atoms with Crippen molar-refractivity contribution in [2.75, 3.05) is 0 Å². The molecule has 1 aliphatic rings. The lowest BCUT2D eigenvalue weighted by atomic mass is 9.92. The quantitative estimate of drug-likeness (QED) is 0.571. The summed E-state index contributed by atoms with van der Waals surface area (Å²) in [7, 11) is 0. The molecule has 0 saturated heterocycles. The van der Waals surface area contributed by atoms with Crippen LogP contribution >= 0.6 is 0 Å². The Kier molecular flexibility index (Phi) is 2.63. The van der Waals surface area contributed by atoms with Gasteiger partial charge >= 0.3 is 5.82 Å². The lowest BCUT2D eigenvalue weighted by Gasteiger charge is -2.25. The first-order valence-corrected chi connectivity index (χ1v) is 4.98. The maximum absolute atomic E-state index is 10.4. The van der Waals surface area contributed by atoms with Gasteiger partial charge in [0.2, 0.25) is 0 Å². The molecule has 2 N–H and O–H groups in total. The van der Waals surface area contributed by atoms with Crippen molar-refractivity contribution in [1.29, 1.82) is 0 Å². The molecule has 0 spiro atoms. The normalized spacial score (nSPS) is 26.5. The Balaban J connectivity index is 2.11. The van der Waals surface area contributed by atoms with Gasteiger partial charge in [-0.3, -0.25) is 0 Å². The van der Waals surface area contributed by atoms with Crippen LogP contribution in [0.1, 0.15) is 31.7 Å². The Morgan fingerprint density at radius 3 is 3.00 bits per heavy atom. The summed E-state index contributed by atoms with van der Waals surface area (Å²) in [5.41, 5.74) is 5.83. The second-order valence-corrected chi connectivity index (χ2v) is 3.89. The highest BCUT2D eigenvalue weighted by molar-refractivity contribution is 5.09. The molecule has 1 saturated carbocycles. The van der Waals surface area contributed by atoms with Gasteiger partial charge in [-0.25, -0.2) is 4.68 Å². The van der Waals surface area contributed by atoms with E-state index < -0.39 is 4.92 Å². The first-order valence-electron chi connectivity index (χ1n) is 4.98. The minimum atomic E-state index is -0.535. The van der Waals surface area contributed by atoms with Crippen molar-refractivity contribution in [2.24, 2.45) is 5.73 Å². The van der Waals surface area contributed by atoms with Crippen molar-refractivity contribution < 1.29 is 4.92 Å². The van der Waals surface area contributed by atoms with Gasteiger partial charge < -0.3 is 15.8 Å². The Bertz CT molecular complexity index is 364. The minimum absolute atomic E-state index is 0.162. The maximum atomic E-state index is 10.4. The van der Waals surface area contributed by atoms with E-state index in [2.05, 4.69) is 10.3 Å². The van der Waals surface area contributed by atoms with Gasteiger partial charge in [-0.2, -0.15) is 0 Å². The number of nitrogens with zero attached hydrogens (tertiary/aromatic N) is 4. The van der Waals surface area contributed by atoms with Crippen molar-refractivity contribution in [1.82, 2.24) is 15.0 Å². The van der Waals surface area contributed by atoms with E-state index in [0.717, 1.165) is 25.7 Å². The fourth-order valence-corrected chi connectivity index (χ4v) is 1.97. The number of rotatable bonds is 2. The molecule has 1 aromatic rings. The summed E-state index contributed by atoms with van der Waals surface area (Å²) < 4.78 is 1.57. The molecular weight excluding hydrogens is 198 g/mol. The first-order chi connectivity index (χ1) is 7.16. The molecule has 82 valence electrons. The molecule has 0 aliphatic heterocycles. The Hall–Kier alpha value is -1.50. The van der Waals surface area contributed by atoms with Gasteiger partial charge in [-0.1, -0.05) is 0 Å². The number of hydrogen-bond acceptors (Lipinski definition) is 5. The third-order valence-corrected chi connectivity index (χ3v) is 2.75. The summed E-state index contributed by atoms with van der Waals surface area (Å²) >= 11 is 0. The molecule has 0 amide bonds. The molecule has 1 fully saturated rings. The lowest BCUT2D eigenvalue weighted by molar-refractivity contribution is -0.389. The minimum Gasteiger partial charge on any atom is -0.358 e. The average molecular weight is 211 g/mol. The van der Waals surface area contributed by atoms with Crippen molar-refractivity contribution in [3.05, 3.63) is 16.3 Å². The van der Waals surface area contributed by atoms with E-state index in [4.69, 9.17) is 5.73 Å². The number of nitro groups is 1. The second-order valence-electron chi connectivity index (χ2n) is 3.89. The zero-order valence-corrected chi connectivity index (χ0v) is 8.24. The molecule has 7 nitrogen and oxygen atoms in total. The van der Waals surface area contributed by atoms with E-state index in [9.17, 15) is 10.1 Å². The zero-order valence-electron chi connectivity index (χ0n) is 8.24. The molecule has 7 heteroatoms. The maximum Gasteiger partial charge on any atom is 0.410 e. The van der Waals surface area contributed by atoms with Crippen LogP contribution in [0.5, 0.6) is 0 Å². The van der Waals surface area contributed by atoms with Crippen LogP contribution in [0.15, 0.2) is 6.20 Å². The second kappa shape index (κ2) is 3.93. The fraction of sp³-hybridized carbons (Fsp3) is 0.750. The Labute approximate surface area is 86.4 Å². The largest absolute Gasteiger partial charge is 0.410 e. The topological polar surface area (TPSA) is 99.9 Å². The molecule has 0 radical (unpaired) electrons. The molecule has 1 aromatic heterocycles. The molecular formula is C8H13N5O2. The molecule has 1 heterocycles. The predicted molar refractivity (Wildman–Crippen MR) is 52.2 cm³/mol. The van der Waals surface area contributed by atoms with Crippen LogP contribution in [-0.2, 0) is 0 Å². The fourth-order valence-electron chi connectivity index (χ4n) is 1.97. The van der Waals surface area contributed by atoms with E-state index in [0.29, 0.717) is 0 Å². The first kappa shape index (κ1) is 10.0. The van der Waals surface area contributed by atoms with Gasteiger partial charge in [-0.05, 0) is 30.6 Å². The molecule has 0 bridgehead atoms.